The van der Waals surface area contributed by atoms with Crippen LogP contribution in [0.3, 0.4) is 0 Å². The number of cyclic esters (lactones) is 1. The lowest BCUT2D eigenvalue weighted by molar-refractivity contribution is -0.137. The van der Waals surface area contributed by atoms with Gasteiger partial charge in [0.15, 0.2) is 0 Å². The normalized spacial score (nSPS) is 16.1. The van der Waals surface area contributed by atoms with Crippen molar-refractivity contribution in [3.8, 4) is 23.3 Å². The van der Waals surface area contributed by atoms with Crippen LogP contribution in [0.25, 0.3) is 11.1 Å². The molecule has 8 heteroatoms. The van der Waals surface area contributed by atoms with E-state index in [1.165, 1.54) is 0 Å². The van der Waals surface area contributed by atoms with Crippen molar-refractivity contribution >= 4 is 46.1 Å². The second-order valence-electron chi connectivity index (χ2n) is 5.22. The number of esters is 1. The number of nitriles is 2. The first-order valence-corrected chi connectivity index (χ1v) is 9.24. The zero-order valence-corrected chi connectivity index (χ0v) is 15.8. The second kappa shape index (κ2) is 7.30. The van der Waals surface area contributed by atoms with Gasteiger partial charge in [-0.2, -0.15) is 10.5 Å². The van der Waals surface area contributed by atoms with E-state index in [2.05, 4.69) is 33.6 Å². The third-order valence-corrected chi connectivity index (χ3v) is 5.57. The van der Waals surface area contributed by atoms with Gasteiger partial charge < -0.3 is 10.5 Å². The maximum absolute atomic E-state index is 11.7. The highest BCUT2D eigenvalue weighted by molar-refractivity contribution is 14.1. The minimum atomic E-state index is -0.421. The molecule has 1 saturated heterocycles. The Hall–Kier alpha value is -2.30. The molecule has 6 nitrogen and oxygen atoms in total. The Morgan fingerprint density at radius 1 is 1.32 bits per heavy atom. The molecular weight excluding hydrogens is 451 g/mol. The highest BCUT2D eigenvalue weighted by Gasteiger charge is 2.30. The van der Waals surface area contributed by atoms with Gasteiger partial charge in [-0.05, 0) is 40.3 Å². The number of hydrogen-bond acceptors (Lipinski definition) is 7. The van der Waals surface area contributed by atoms with E-state index in [4.69, 9.17) is 10.5 Å². The summed E-state index contributed by atoms with van der Waals surface area (Å²) in [5.74, 6) is -0.279. The van der Waals surface area contributed by atoms with Crippen molar-refractivity contribution in [2.24, 2.45) is 0 Å². The van der Waals surface area contributed by atoms with Gasteiger partial charge in [-0.3, -0.25) is 4.79 Å². The quantitative estimate of drug-likeness (QED) is 0.551. The van der Waals surface area contributed by atoms with E-state index in [0.717, 1.165) is 15.3 Å². The molecule has 0 spiro atoms. The number of ether oxygens (including phenoxy) is 1. The van der Waals surface area contributed by atoms with Crippen molar-refractivity contribution in [2.45, 2.75) is 16.7 Å². The number of rotatable bonds is 3. The Kier molecular flexibility index (Phi) is 5.11. The largest absolute Gasteiger partial charge is 0.465 e. The maximum Gasteiger partial charge on any atom is 0.319 e. The van der Waals surface area contributed by atoms with Gasteiger partial charge >= 0.3 is 5.97 Å². The fourth-order valence-corrected chi connectivity index (χ4v) is 4.14. The molecule has 0 bridgehead atoms. The number of carbonyl (C=O) groups excluding carboxylic acids is 1. The van der Waals surface area contributed by atoms with Gasteiger partial charge in [-0.1, -0.05) is 23.9 Å². The first-order valence-electron chi connectivity index (χ1n) is 7.28. The molecule has 0 aliphatic carbocycles. The Balaban J connectivity index is 2.20. The highest BCUT2D eigenvalue weighted by Crippen LogP contribution is 2.38. The molecule has 0 radical (unpaired) electrons. The number of nitrogen functional groups attached to an aromatic ring is 1. The van der Waals surface area contributed by atoms with Crippen LogP contribution in [0.15, 0.2) is 29.3 Å². The predicted octanol–water partition coefficient (Wildman–Crippen LogP) is 3.09. The Morgan fingerprint density at radius 3 is 2.68 bits per heavy atom. The van der Waals surface area contributed by atoms with Crippen LogP contribution in [-0.2, 0) is 9.53 Å². The molecular formula is C17H11IN4O2S. The number of nitrogens with two attached hydrogens (primary N) is 1. The van der Waals surface area contributed by atoms with E-state index in [9.17, 15) is 15.3 Å². The van der Waals surface area contributed by atoms with Crippen molar-refractivity contribution in [1.29, 1.82) is 10.5 Å². The fraction of sp³-hybridized carbons (Fsp3) is 0.176. The summed E-state index contributed by atoms with van der Waals surface area (Å²) >= 11 is 3.32. The van der Waals surface area contributed by atoms with Crippen LogP contribution in [0.5, 0.6) is 0 Å². The molecule has 124 valence electrons. The number of anilines is 1. The Morgan fingerprint density at radius 2 is 2.08 bits per heavy atom. The molecule has 2 aromatic rings. The molecule has 1 unspecified atom stereocenters. The van der Waals surface area contributed by atoms with Crippen LogP contribution in [0, 0.1) is 26.2 Å². The van der Waals surface area contributed by atoms with Gasteiger partial charge in [0.2, 0.25) is 0 Å². The molecule has 1 fully saturated rings. The molecule has 2 N–H and O–H groups in total. The summed E-state index contributed by atoms with van der Waals surface area (Å²) in [6, 6.07) is 11.6. The topological polar surface area (TPSA) is 113 Å². The summed E-state index contributed by atoms with van der Waals surface area (Å²) in [5.41, 5.74) is 7.54. The molecule has 2 heterocycles. The Labute approximate surface area is 162 Å². The van der Waals surface area contributed by atoms with Crippen LogP contribution in [-0.4, -0.2) is 22.8 Å². The number of halogens is 1. The maximum atomic E-state index is 11.7. The lowest BCUT2D eigenvalue weighted by atomic mass is 9.97. The number of nitrogens with zero attached hydrogens (tertiary/aromatic N) is 3. The van der Waals surface area contributed by atoms with E-state index in [1.54, 1.807) is 0 Å². The summed E-state index contributed by atoms with van der Waals surface area (Å²) in [7, 11) is 0. The van der Waals surface area contributed by atoms with Crippen molar-refractivity contribution in [1.82, 2.24) is 4.98 Å². The van der Waals surface area contributed by atoms with Crippen LogP contribution >= 0.6 is 34.4 Å². The lowest BCUT2D eigenvalue weighted by Crippen LogP contribution is -2.11. The number of carbonyl (C=O) groups is 1. The monoisotopic (exact) mass is 462 g/mol. The SMILES string of the molecule is N#Cc1c(N)nc(SC2CCOC2=O)c(C#N)c1-c1cccc(I)c1. The van der Waals surface area contributed by atoms with Crippen molar-refractivity contribution in [3.63, 3.8) is 0 Å². The average molecular weight is 462 g/mol. The fourth-order valence-electron chi connectivity index (χ4n) is 2.54. The number of pyridine rings is 1. The van der Waals surface area contributed by atoms with Crippen molar-refractivity contribution in [3.05, 3.63) is 39.0 Å². The smallest absolute Gasteiger partial charge is 0.319 e. The van der Waals surface area contributed by atoms with E-state index in [0.29, 0.717) is 29.2 Å². The van der Waals surface area contributed by atoms with E-state index in [-0.39, 0.29) is 22.9 Å². The number of thioether (sulfide) groups is 1. The first-order chi connectivity index (χ1) is 12.0. The average Bonchev–Trinajstić information content (AvgIpc) is 2.99. The second-order valence-corrected chi connectivity index (χ2v) is 7.66. The number of aromatic nitrogens is 1. The molecule has 1 aliphatic heterocycles. The van der Waals surface area contributed by atoms with Crippen LogP contribution in [0.1, 0.15) is 17.5 Å². The van der Waals surface area contributed by atoms with Gasteiger partial charge in [-0.15, -0.1) is 0 Å². The highest BCUT2D eigenvalue weighted by atomic mass is 127. The molecule has 1 aromatic carbocycles. The summed E-state index contributed by atoms with van der Waals surface area (Å²) in [5, 5.41) is 19.1. The standard InChI is InChI=1S/C17H11IN4O2S/c18-10-3-1-2-9(6-10)14-11(7-19)15(21)22-16(12(14)8-20)25-13-4-5-24-17(13)23/h1-3,6,13H,4-5H2,(H2,21,22). The Bertz CT molecular complexity index is 949. The van der Waals surface area contributed by atoms with Gasteiger partial charge in [-0.25, -0.2) is 4.98 Å². The van der Waals surface area contributed by atoms with Gasteiger partial charge in [0.1, 0.15) is 33.8 Å². The molecule has 1 aliphatic rings. The summed E-state index contributed by atoms with van der Waals surface area (Å²) in [4.78, 5) is 16.0. The molecule has 0 amide bonds. The van der Waals surface area contributed by atoms with Crippen LogP contribution < -0.4 is 5.73 Å². The zero-order valence-electron chi connectivity index (χ0n) is 12.8. The zero-order chi connectivity index (χ0) is 18.0. The van der Waals surface area contributed by atoms with Crippen LogP contribution in [0.2, 0.25) is 0 Å². The lowest BCUT2D eigenvalue weighted by Gasteiger charge is -2.14. The summed E-state index contributed by atoms with van der Waals surface area (Å²) < 4.78 is 5.93. The predicted molar refractivity (Wildman–Crippen MR) is 101 cm³/mol. The third kappa shape index (κ3) is 3.41. The molecule has 1 aromatic heterocycles. The summed E-state index contributed by atoms with van der Waals surface area (Å²) in [6.45, 7) is 0.355. The number of benzene rings is 1. The van der Waals surface area contributed by atoms with Gasteiger partial charge in [0.25, 0.3) is 0 Å². The molecule has 1 atom stereocenters. The van der Waals surface area contributed by atoms with Crippen molar-refractivity contribution in [2.75, 3.05) is 12.3 Å². The van der Waals surface area contributed by atoms with Crippen molar-refractivity contribution < 1.29 is 9.53 Å². The molecule has 3 rings (SSSR count). The van der Waals surface area contributed by atoms with E-state index >= 15 is 0 Å². The van der Waals surface area contributed by atoms with E-state index in [1.807, 2.05) is 30.3 Å². The minimum Gasteiger partial charge on any atom is -0.465 e. The van der Waals surface area contributed by atoms with E-state index < -0.39 is 5.25 Å². The number of hydrogen-bond donors (Lipinski definition) is 1. The minimum absolute atomic E-state index is 0.0456. The first kappa shape index (κ1) is 17.5. The molecule has 25 heavy (non-hydrogen) atoms. The van der Waals surface area contributed by atoms with Gasteiger partial charge in [0.05, 0.1) is 12.2 Å². The van der Waals surface area contributed by atoms with Crippen LogP contribution in [0.4, 0.5) is 5.82 Å². The molecule has 0 saturated carbocycles. The van der Waals surface area contributed by atoms with Gasteiger partial charge in [0, 0.05) is 15.6 Å². The third-order valence-electron chi connectivity index (χ3n) is 3.67. The summed E-state index contributed by atoms with van der Waals surface area (Å²) in [6.07, 6.45) is 0.550.